The minimum absolute atomic E-state index is 0.0953. The Morgan fingerprint density at radius 2 is 1.77 bits per heavy atom. The number of hydrogen-bond donors (Lipinski definition) is 1. The molecule has 1 amide bonds. The Morgan fingerprint density at radius 1 is 1.07 bits per heavy atom. The number of sulfonamides is 1. The monoisotopic (exact) mass is 430 g/mol. The molecule has 1 aliphatic heterocycles. The smallest absolute Gasteiger partial charge is 0.255 e. The standard InChI is InChI=1S/C22H30N4O3S/c1-5-25-11-13-26(14-12-25)21-10-9-19(15-17(21)2)23-22(27)18-7-6-8-20(16-18)30(28,29)24(3)4/h6-10,15-16H,5,11-14H2,1-4H3,(H,23,27). The molecule has 0 spiro atoms. The third kappa shape index (κ3) is 4.83. The molecule has 1 heterocycles. The second kappa shape index (κ2) is 9.16. The van der Waals surface area contributed by atoms with E-state index in [0.29, 0.717) is 11.3 Å². The van der Waals surface area contributed by atoms with E-state index in [1.807, 2.05) is 25.1 Å². The highest BCUT2D eigenvalue weighted by atomic mass is 32.2. The van der Waals surface area contributed by atoms with E-state index in [0.717, 1.165) is 42.6 Å². The SMILES string of the molecule is CCN1CCN(c2ccc(NC(=O)c3cccc(S(=O)(=O)N(C)C)c3)cc2C)CC1. The first-order chi connectivity index (χ1) is 14.2. The maximum Gasteiger partial charge on any atom is 0.255 e. The van der Waals surface area contributed by atoms with Crippen LogP contribution in [-0.4, -0.2) is 70.3 Å². The molecule has 0 atom stereocenters. The van der Waals surface area contributed by atoms with Crippen molar-refractivity contribution in [1.82, 2.24) is 9.21 Å². The molecule has 1 saturated heterocycles. The zero-order valence-electron chi connectivity index (χ0n) is 18.1. The second-order valence-corrected chi connectivity index (χ2v) is 9.84. The molecule has 162 valence electrons. The van der Waals surface area contributed by atoms with Crippen LogP contribution in [-0.2, 0) is 10.0 Å². The van der Waals surface area contributed by atoms with Crippen molar-refractivity contribution in [3.8, 4) is 0 Å². The molecule has 0 unspecified atom stereocenters. The number of hydrogen-bond acceptors (Lipinski definition) is 5. The molecule has 1 aliphatic rings. The molecule has 7 nitrogen and oxygen atoms in total. The van der Waals surface area contributed by atoms with E-state index in [1.165, 1.54) is 31.9 Å². The molecule has 2 aromatic carbocycles. The van der Waals surface area contributed by atoms with Crippen molar-refractivity contribution in [2.24, 2.45) is 0 Å². The zero-order chi connectivity index (χ0) is 21.9. The molecule has 2 aromatic rings. The van der Waals surface area contributed by atoms with Gasteiger partial charge < -0.3 is 15.1 Å². The van der Waals surface area contributed by atoms with E-state index in [-0.39, 0.29) is 10.8 Å². The number of carbonyl (C=O) groups excluding carboxylic acids is 1. The maximum atomic E-state index is 12.7. The van der Waals surface area contributed by atoms with E-state index in [1.54, 1.807) is 12.1 Å². The summed E-state index contributed by atoms with van der Waals surface area (Å²) in [7, 11) is -0.659. The molecule has 3 rings (SSSR count). The molecule has 1 fully saturated rings. The highest BCUT2D eigenvalue weighted by Gasteiger charge is 2.20. The molecule has 30 heavy (non-hydrogen) atoms. The first-order valence-electron chi connectivity index (χ1n) is 10.1. The number of nitrogens with zero attached hydrogens (tertiary/aromatic N) is 3. The van der Waals surface area contributed by atoms with Gasteiger partial charge in [0.05, 0.1) is 4.90 Å². The van der Waals surface area contributed by atoms with Gasteiger partial charge >= 0.3 is 0 Å². The largest absolute Gasteiger partial charge is 0.369 e. The van der Waals surface area contributed by atoms with Crippen molar-refractivity contribution in [2.75, 3.05) is 57.0 Å². The second-order valence-electron chi connectivity index (χ2n) is 7.69. The predicted octanol–water partition coefficient (Wildman–Crippen LogP) is 2.64. The topological polar surface area (TPSA) is 73.0 Å². The van der Waals surface area contributed by atoms with Crippen molar-refractivity contribution in [2.45, 2.75) is 18.7 Å². The van der Waals surface area contributed by atoms with E-state index in [4.69, 9.17) is 0 Å². The maximum absolute atomic E-state index is 12.7. The minimum atomic E-state index is -3.59. The summed E-state index contributed by atoms with van der Waals surface area (Å²) < 4.78 is 25.8. The van der Waals surface area contributed by atoms with Gasteiger partial charge in [0.15, 0.2) is 0 Å². The Bertz CT molecular complexity index is 1010. The van der Waals surface area contributed by atoms with Crippen molar-refractivity contribution in [1.29, 1.82) is 0 Å². The van der Waals surface area contributed by atoms with Gasteiger partial charge in [0, 0.05) is 57.2 Å². The molecule has 1 N–H and O–H groups in total. The molecule has 0 aliphatic carbocycles. The van der Waals surface area contributed by atoms with Crippen molar-refractivity contribution >= 4 is 27.3 Å². The van der Waals surface area contributed by atoms with Crippen LogP contribution < -0.4 is 10.2 Å². The number of anilines is 2. The van der Waals surface area contributed by atoms with Crippen LogP contribution in [0.3, 0.4) is 0 Å². The average Bonchev–Trinajstić information content (AvgIpc) is 2.74. The highest BCUT2D eigenvalue weighted by molar-refractivity contribution is 7.89. The lowest BCUT2D eigenvalue weighted by Gasteiger charge is -2.36. The van der Waals surface area contributed by atoms with Crippen molar-refractivity contribution in [3.05, 3.63) is 53.6 Å². The van der Waals surface area contributed by atoms with Crippen molar-refractivity contribution < 1.29 is 13.2 Å². The lowest BCUT2D eigenvalue weighted by atomic mass is 10.1. The van der Waals surface area contributed by atoms with Crippen LogP contribution in [0.4, 0.5) is 11.4 Å². The van der Waals surface area contributed by atoms with Crippen LogP contribution in [0, 0.1) is 6.92 Å². The molecule has 0 aromatic heterocycles. The Labute approximate surface area is 179 Å². The number of piperazine rings is 1. The minimum Gasteiger partial charge on any atom is -0.369 e. The Balaban J connectivity index is 1.73. The van der Waals surface area contributed by atoms with E-state index < -0.39 is 10.0 Å². The van der Waals surface area contributed by atoms with E-state index in [9.17, 15) is 13.2 Å². The molecular weight excluding hydrogens is 400 g/mol. The summed E-state index contributed by atoms with van der Waals surface area (Å²) >= 11 is 0. The van der Waals surface area contributed by atoms with Crippen LogP contribution in [0.15, 0.2) is 47.4 Å². The van der Waals surface area contributed by atoms with Crippen LogP contribution in [0.2, 0.25) is 0 Å². The summed E-state index contributed by atoms with van der Waals surface area (Å²) in [5.41, 5.74) is 3.27. The Kier molecular flexibility index (Phi) is 6.80. The fourth-order valence-corrected chi connectivity index (χ4v) is 4.55. The summed E-state index contributed by atoms with van der Waals surface area (Å²) in [6.45, 7) is 9.41. The summed E-state index contributed by atoms with van der Waals surface area (Å²) in [5, 5.41) is 2.88. The van der Waals surface area contributed by atoms with Gasteiger partial charge in [-0.3, -0.25) is 4.79 Å². The molecular formula is C22H30N4O3S. The zero-order valence-corrected chi connectivity index (χ0v) is 18.9. The van der Waals surface area contributed by atoms with Gasteiger partial charge in [-0.15, -0.1) is 0 Å². The molecule has 8 heteroatoms. The summed E-state index contributed by atoms with van der Waals surface area (Å²) in [5.74, 6) is -0.338. The number of aryl methyl sites for hydroxylation is 1. The van der Waals surface area contributed by atoms with Crippen LogP contribution in [0.5, 0.6) is 0 Å². The lowest BCUT2D eigenvalue weighted by Crippen LogP contribution is -2.46. The van der Waals surface area contributed by atoms with Gasteiger partial charge in [-0.2, -0.15) is 0 Å². The Hall–Kier alpha value is -2.42. The quantitative estimate of drug-likeness (QED) is 0.763. The Morgan fingerprint density at radius 3 is 2.37 bits per heavy atom. The van der Waals surface area contributed by atoms with Gasteiger partial charge in [0.25, 0.3) is 5.91 Å². The lowest BCUT2D eigenvalue weighted by molar-refractivity contribution is 0.102. The van der Waals surface area contributed by atoms with Crippen molar-refractivity contribution in [3.63, 3.8) is 0 Å². The first-order valence-corrected chi connectivity index (χ1v) is 11.6. The van der Waals surface area contributed by atoms with Gasteiger partial charge in [0.1, 0.15) is 0 Å². The number of benzene rings is 2. The summed E-state index contributed by atoms with van der Waals surface area (Å²) in [4.78, 5) is 17.6. The van der Waals surface area contributed by atoms with Gasteiger partial charge in [-0.1, -0.05) is 13.0 Å². The predicted molar refractivity (Wildman–Crippen MR) is 121 cm³/mol. The van der Waals surface area contributed by atoms with Gasteiger partial charge in [0.2, 0.25) is 10.0 Å². The summed E-state index contributed by atoms with van der Waals surface area (Å²) in [6, 6.07) is 12.0. The molecule has 0 radical (unpaired) electrons. The fourth-order valence-electron chi connectivity index (χ4n) is 3.60. The molecule has 0 bridgehead atoms. The third-order valence-electron chi connectivity index (χ3n) is 5.49. The first kappa shape index (κ1) is 22.3. The number of nitrogens with one attached hydrogen (secondary N) is 1. The number of likely N-dealkylation sites (N-methyl/N-ethyl adjacent to an activating group) is 1. The fraction of sp³-hybridized carbons (Fsp3) is 0.409. The summed E-state index contributed by atoms with van der Waals surface area (Å²) in [6.07, 6.45) is 0. The average molecular weight is 431 g/mol. The van der Waals surface area contributed by atoms with Crippen LogP contribution in [0.25, 0.3) is 0 Å². The van der Waals surface area contributed by atoms with Gasteiger partial charge in [-0.05, 0) is 55.4 Å². The van der Waals surface area contributed by atoms with Gasteiger partial charge in [-0.25, -0.2) is 12.7 Å². The molecule has 0 saturated carbocycles. The van der Waals surface area contributed by atoms with E-state index >= 15 is 0 Å². The highest BCUT2D eigenvalue weighted by Crippen LogP contribution is 2.25. The normalized spacial score (nSPS) is 15.4. The third-order valence-corrected chi connectivity index (χ3v) is 7.30. The number of carbonyl (C=O) groups is 1. The van der Waals surface area contributed by atoms with Crippen LogP contribution in [0.1, 0.15) is 22.8 Å². The number of rotatable bonds is 6. The van der Waals surface area contributed by atoms with E-state index in [2.05, 4.69) is 22.0 Å². The van der Waals surface area contributed by atoms with Crippen LogP contribution >= 0.6 is 0 Å². The number of amides is 1.